The van der Waals surface area contributed by atoms with Crippen molar-refractivity contribution < 1.29 is 27.4 Å². The third-order valence-electron chi connectivity index (χ3n) is 3.40. The molecule has 0 unspecified atom stereocenters. The summed E-state index contributed by atoms with van der Waals surface area (Å²) < 4.78 is 31.0. The molecule has 4 amide bonds. The van der Waals surface area contributed by atoms with Crippen LogP contribution in [0.2, 0.25) is 0 Å². The van der Waals surface area contributed by atoms with E-state index >= 15 is 0 Å². The van der Waals surface area contributed by atoms with E-state index in [0.717, 1.165) is 28.4 Å². The molecule has 1 aromatic rings. The normalized spacial score (nSPS) is 15.5. The number of amides is 4. The number of benzene rings is 1. The number of hydrogen-bond donors (Lipinski definition) is 1. The van der Waals surface area contributed by atoms with Crippen molar-refractivity contribution in [1.82, 2.24) is 4.90 Å². The molecule has 0 aromatic heterocycles. The maximum absolute atomic E-state index is 12.4. The molecule has 24 heavy (non-hydrogen) atoms. The van der Waals surface area contributed by atoms with Crippen LogP contribution in [0.5, 0.6) is 0 Å². The van der Waals surface area contributed by atoms with Gasteiger partial charge in [0.05, 0.1) is 10.6 Å². The number of urea groups is 1. The van der Waals surface area contributed by atoms with Crippen molar-refractivity contribution in [3.8, 4) is 0 Å². The number of imide groups is 2. The van der Waals surface area contributed by atoms with E-state index in [1.54, 1.807) is 0 Å². The molecule has 0 bridgehead atoms. The molecule has 0 aliphatic carbocycles. The van der Waals surface area contributed by atoms with E-state index in [2.05, 4.69) is 0 Å². The average Bonchev–Trinajstić information content (AvgIpc) is 2.46. The zero-order valence-electron chi connectivity index (χ0n) is 12.4. The molecule has 1 aliphatic rings. The van der Waals surface area contributed by atoms with Crippen LogP contribution < -0.4 is 4.90 Å². The molecule has 1 fully saturated rings. The van der Waals surface area contributed by atoms with Gasteiger partial charge in [0.25, 0.3) is 10.1 Å². The van der Waals surface area contributed by atoms with Crippen LogP contribution in [0.1, 0.15) is 26.2 Å². The van der Waals surface area contributed by atoms with Gasteiger partial charge < -0.3 is 0 Å². The van der Waals surface area contributed by atoms with E-state index in [4.69, 9.17) is 4.55 Å². The summed E-state index contributed by atoms with van der Waals surface area (Å²) in [4.78, 5) is 37.7. The van der Waals surface area contributed by atoms with Crippen LogP contribution in [0.3, 0.4) is 0 Å². The van der Waals surface area contributed by atoms with Crippen molar-refractivity contribution in [2.75, 3.05) is 11.4 Å². The number of hydrogen-bond acceptors (Lipinski definition) is 5. The second-order valence-electron chi connectivity index (χ2n) is 5.06. The van der Waals surface area contributed by atoms with Crippen LogP contribution in [-0.2, 0) is 19.7 Å². The van der Waals surface area contributed by atoms with Gasteiger partial charge in [-0.25, -0.2) is 9.69 Å². The minimum atomic E-state index is -4.36. The fraction of sp³-hybridized carbons (Fsp3) is 0.357. The Balaban J connectivity index is 0.00000288. The first kappa shape index (κ1) is 20.8. The molecule has 2 rings (SSSR count). The average molecular weight is 364 g/mol. The molecule has 1 aliphatic heterocycles. The van der Waals surface area contributed by atoms with Gasteiger partial charge in [0.1, 0.15) is 6.42 Å². The zero-order valence-corrected chi connectivity index (χ0v) is 13.2. The molecule has 10 heteroatoms. The zero-order chi connectivity index (χ0) is 17.2. The summed E-state index contributed by atoms with van der Waals surface area (Å²) >= 11 is 0. The predicted molar refractivity (Wildman–Crippen MR) is 87.5 cm³/mol. The van der Waals surface area contributed by atoms with Gasteiger partial charge in [0.15, 0.2) is 0 Å². The van der Waals surface area contributed by atoms with Gasteiger partial charge in [0, 0.05) is 6.54 Å². The Bertz CT molecular complexity index is 747. The van der Waals surface area contributed by atoms with Crippen molar-refractivity contribution >= 4 is 63.2 Å². The van der Waals surface area contributed by atoms with Crippen LogP contribution in [-0.4, -0.2) is 71.8 Å². The van der Waals surface area contributed by atoms with Crippen LogP contribution in [0.4, 0.5) is 10.5 Å². The molecular formula is C14H17N2NaO6S. The topological polar surface area (TPSA) is 112 Å². The third kappa shape index (κ3) is 4.42. The van der Waals surface area contributed by atoms with Crippen LogP contribution in [0.15, 0.2) is 29.2 Å². The van der Waals surface area contributed by atoms with Crippen molar-refractivity contribution in [1.29, 1.82) is 0 Å². The van der Waals surface area contributed by atoms with Crippen molar-refractivity contribution in [2.24, 2.45) is 0 Å². The fourth-order valence-corrected chi connectivity index (χ4v) is 2.68. The van der Waals surface area contributed by atoms with E-state index in [9.17, 15) is 22.8 Å². The molecule has 8 nitrogen and oxygen atoms in total. The van der Waals surface area contributed by atoms with Gasteiger partial charge in [-0.15, -0.1) is 0 Å². The molecule has 0 saturated carbocycles. The second kappa shape index (κ2) is 8.21. The molecule has 126 valence electrons. The van der Waals surface area contributed by atoms with E-state index in [1.165, 1.54) is 12.1 Å². The van der Waals surface area contributed by atoms with Gasteiger partial charge >= 0.3 is 35.6 Å². The van der Waals surface area contributed by atoms with Gasteiger partial charge in [-0.1, -0.05) is 13.3 Å². The van der Waals surface area contributed by atoms with Gasteiger partial charge in [0.2, 0.25) is 11.8 Å². The van der Waals surface area contributed by atoms with Crippen molar-refractivity contribution in [3.63, 3.8) is 0 Å². The summed E-state index contributed by atoms with van der Waals surface area (Å²) in [5.74, 6) is -1.22. The van der Waals surface area contributed by atoms with E-state index in [0.29, 0.717) is 6.42 Å². The van der Waals surface area contributed by atoms with Crippen LogP contribution in [0, 0.1) is 0 Å². The molecular weight excluding hydrogens is 347 g/mol. The van der Waals surface area contributed by atoms with Crippen LogP contribution >= 0.6 is 0 Å². The quantitative estimate of drug-likeness (QED) is 0.469. The summed E-state index contributed by atoms with van der Waals surface area (Å²) in [7, 11) is -4.36. The van der Waals surface area contributed by atoms with Crippen molar-refractivity contribution in [3.05, 3.63) is 24.3 Å². The molecule has 0 atom stereocenters. The Kier molecular flexibility index (Phi) is 7.11. The van der Waals surface area contributed by atoms with E-state index in [1.807, 2.05) is 6.92 Å². The van der Waals surface area contributed by atoms with Crippen LogP contribution in [0.25, 0.3) is 0 Å². The Morgan fingerprint density at radius 1 is 1.08 bits per heavy atom. The summed E-state index contributed by atoms with van der Waals surface area (Å²) in [5.41, 5.74) is 0.140. The molecule has 1 N–H and O–H groups in total. The third-order valence-corrected chi connectivity index (χ3v) is 4.27. The molecule has 1 heterocycles. The van der Waals surface area contributed by atoms with Gasteiger partial charge in [-0.2, -0.15) is 8.42 Å². The standard InChI is InChI=1S/C14H16N2O6S.Na.H/c1-2-3-8-15-12(17)9-13(18)16(14(15)19)10-4-6-11(7-5-10)23(20,21)22;;/h4-7H,2-3,8-9H2,1H3,(H,20,21,22);;. The molecule has 0 spiro atoms. The summed E-state index contributed by atoms with van der Waals surface area (Å²) in [6, 6.07) is 3.87. The second-order valence-corrected chi connectivity index (χ2v) is 6.48. The number of rotatable bonds is 5. The Hall–Kier alpha value is -1.26. The minimum absolute atomic E-state index is 0. The summed E-state index contributed by atoms with van der Waals surface area (Å²) in [6.07, 6.45) is 0.991. The Labute approximate surface area is 161 Å². The maximum atomic E-state index is 12.4. The Morgan fingerprint density at radius 3 is 2.17 bits per heavy atom. The van der Waals surface area contributed by atoms with E-state index < -0.39 is 34.4 Å². The molecule has 0 radical (unpaired) electrons. The number of nitrogens with zero attached hydrogens (tertiary/aromatic N) is 2. The number of barbiturate groups is 1. The molecule has 1 aromatic carbocycles. The first-order valence-corrected chi connectivity index (χ1v) is 8.44. The monoisotopic (exact) mass is 364 g/mol. The summed E-state index contributed by atoms with van der Waals surface area (Å²) in [6.45, 7) is 2.14. The number of carbonyl (C=O) groups excluding carboxylic acids is 3. The summed E-state index contributed by atoms with van der Waals surface area (Å²) in [5, 5.41) is 0. The fourth-order valence-electron chi connectivity index (χ4n) is 2.20. The first-order chi connectivity index (χ1) is 10.8. The SMILES string of the molecule is CCCCN1C(=O)CC(=O)N(c2ccc(S(=O)(=O)O)cc2)C1=O.[NaH]. The Morgan fingerprint density at radius 2 is 1.67 bits per heavy atom. The van der Waals surface area contributed by atoms with Crippen molar-refractivity contribution in [2.45, 2.75) is 31.1 Å². The predicted octanol–water partition coefficient (Wildman–Crippen LogP) is 0.770. The van der Waals surface area contributed by atoms with Gasteiger partial charge in [-0.05, 0) is 30.7 Å². The number of unbranched alkanes of at least 4 members (excludes halogenated alkanes) is 1. The van der Waals surface area contributed by atoms with E-state index in [-0.39, 0.29) is 46.7 Å². The van der Waals surface area contributed by atoms with Gasteiger partial charge in [-0.3, -0.25) is 19.0 Å². The number of carbonyl (C=O) groups is 3. The first-order valence-electron chi connectivity index (χ1n) is 7.00. The molecule has 1 saturated heterocycles. The number of anilines is 1.